The Labute approximate surface area is 121 Å². The zero-order chi connectivity index (χ0) is 15.4. The molecule has 0 aliphatic carbocycles. The van der Waals surface area contributed by atoms with Crippen LogP contribution in [0.5, 0.6) is 0 Å². The lowest BCUT2D eigenvalue weighted by Crippen LogP contribution is -2.46. The summed E-state index contributed by atoms with van der Waals surface area (Å²) in [6, 6.07) is -0.0372. The minimum absolute atomic E-state index is 0.113. The quantitative estimate of drug-likeness (QED) is 0.505. The molecule has 1 unspecified atom stereocenters. The van der Waals surface area contributed by atoms with Crippen molar-refractivity contribution < 1.29 is 14.7 Å². The molecule has 0 saturated heterocycles. The first-order valence-corrected chi connectivity index (χ1v) is 7.48. The van der Waals surface area contributed by atoms with Gasteiger partial charge in [0.2, 0.25) is 0 Å². The summed E-state index contributed by atoms with van der Waals surface area (Å²) >= 11 is 0. The topological polar surface area (TPSA) is 81.7 Å². The van der Waals surface area contributed by atoms with Crippen molar-refractivity contribution in [2.45, 2.75) is 52.5 Å². The van der Waals surface area contributed by atoms with Gasteiger partial charge in [0.15, 0.2) is 0 Å². The molecule has 0 spiro atoms. The zero-order valence-corrected chi connectivity index (χ0v) is 12.9. The van der Waals surface area contributed by atoms with E-state index in [-0.39, 0.29) is 18.5 Å². The summed E-state index contributed by atoms with van der Waals surface area (Å²) in [6.07, 6.45) is 2.50. The number of carboxylic acid groups (broad SMARTS) is 1. The van der Waals surface area contributed by atoms with E-state index < -0.39 is 5.97 Å². The normalized spacial score (nSPS) is 12.2. The Morgan fingerprint density at radius 1 is 1.15 bits per heavy atom. The zero-order valence-electron chi connectivity index (χ0n) is 12.9. The molecule has 6 nitrogen and oxygen atoms in total. The molecule has 20 heavy (non-hydrogen) atoms. The Balaban J connectivity index is 3.59. The molecule has 0 aromatic rings. The number of nitrogens with zero attached hydrogens (tertiary/aromatic N) is 1. The van der Waals surface area contributed by atoms with Crippen molar-refractivity contribution in [3.63, 3.8) is 0 Å². The van der Waals surface area contributed by atoms with Gasteiger partial charge >= 0.3 is 12.0 Å². The van der Waals surface area contributed by atoms with Crippen molar-refractivity contribution in [2.24, 2.45) is 0 Å². The van der Waals surface area contributed by atoms with Gasteiger partial charge < -0.3 is 20.6 Å². The van der Waals surface area contributed by atoms with E-state index >= 15 is 0 Å². The molecule has 0 aromatic heterocycles. The molecule has 3 N–H and O–H groups in total. The minimum Gasteiger partial charge on any atom is -0.481 e. The van der Waals surface area contributed by atoms with Crippen LogP contribution in [-0.2, 0) is 4.79 Å². The van der Waals surface area contributed by atoms with Gasteiger partial charge in [-0.25, -0.2) is 4.79 Å². The summed E-state index contributed by atoms with van der Waals surface area (Å²) in [7, 11) is 0. The Hall–Kier alpha value is -1.30. The highest BCUT2D eigenvalue weighted by molar-refractivity contribution is 5.74. The molecule has 0 fully saturated rings. The predicted octanol–water partition coefficient (Wildman–Crippen LogP) is 1.66. The summed E-state index contributed by atoms with van der Waals surface area (Å²) < 4.78 is 0. The first-order valence-electron chi connectivity index (χ1n) is 7.48. The van der Waals surface area contributed by atoms with E-state index in [1.54, 1.807) is 0 Å². The number of aliphatic carboxylic acids is 1. The van der Waals surface area contributed by atoms with E-state index in [2.05, 4.69) is 29.4 Å². The van der Waals surface area contributed by atoms with Crippen molar-refractivity contribution in [1.29, 1.82) is 0 Å². The fourth-order valence-electron chi connectivity index (χ4n) is 1.97. The van der Waals surface area contributed by atoms with Crippen LogP contribution in [-0.4, -0.2) is 54.2 Å². The Bertz CT molecular complexity index is 281. The van der Waals surface area contributed by atoms with E-state index in [1.807, 2.05) is 6.92 Å². The molecule has 2 amide bonds. The van der Waals surface area contributed by atoms with Gasteiger partial charge in [-0.3, -0.25) is 4.79 Å². The van der Waals surface area contributed by atoms with Crippen LogP contribution in [0.15, 0.2) is 0 Å². The summed E-state index contributed by atoms with van der Waals surface area (Å²) in [5, 5.41) is 14.2. The molecule has 0 aliphatic heterocycles. The van der Waals surface area contributed by atoms with Crippen LogP contribution in [0.25, 0.3) is 0 Å². The Kier molecular flexibility index (Phi) is 10.8. The third-order valence-corrected chi connectivity index (χ3v) is 3.16. The number of urea groups is 1. The summed E-state index contributed by atoms with van der Waals surface area (Å²) in [4.78, 5) is 24.2. The highest BCUT2D eigenvalue weighted by Crippen LogP contribution is 1.98. The van der Waals surface area contributed by atoms with Gasteiger partial charge in [0, 0.05) is 25.6 Å². The van der Waals surface area contributed by atoms with Crippen LogP contribution in [0.4, 0.5) is 4.79 Å². The third-order valence-electron chi connectivity index (χ3n) is 3.16. The van der Waals surface area contributed by atoms with Gasteiger partial charge in [-0.2, -0.15) is 0 Å². The number of carbonyl (C=O) groups excluding carboxylic acids is 1. The average molecular weight is 287 g/mol. The average Bonchev–Trinajstić information content (AvgIpc) is 2.39. The molecular weight excluding hydrogens is 258 g/mol. The standard InChI is InChI=1S/C14H29N3O3/c1-4-17(5-2)11-12(3)16-14(20)15-10-8-6-7-9-13(18)19/h12H,4-11H2,1-3H3,(H,18,19)(H2,15,16,20). The first-order chi connectivity index (χ1) is 9.49. The highest BCUT2D eigenvalue weighted by Gasteiger charge is 2.09. The molecule has 118 valence electrons. The maximum absolute atomic E-state index is 11.6. The van der Waals surface area contributed by atoms with E-state index in [0.717, 1.165) is 32.5 Å². The SMILES string of the molecule is CCN(CC)CC(C)NC(=O)NCCCCCC(=O)O. The second kappa shape index (κ2) is 11.5. The Morgan fingerprint density at radius 2 is 1.80 bits per heavy atom. The van der Waals surface area contributed by atoms with Gasteiger partial charge in [-0.1, -0.05) is 20.3 Å². The summed E-state index contributed by atoms with van der Waals surface area (Å²) in [5.41, 5.74) is 0. The lowest BCUT2D eigenvalue weighted by Gasteiger charge is -2.23. The minimum atomic E-state index is -0.763. The van der Waals surface area contributed by atoms with Crippen molar-refractivity contribution >= 4 is 12.0 Å². The third kappa shape index (κ3) is 10.6. The Morgan fingerprint density at radius 3 is 2.35 bits per heavy atom. The van der Waals surface area contributed by atoms with Crippen LogP contribution >= 0.6 is 0 Å². The largest absolute Gasteiger partial charge is 0.481 e. The number of nitrogens with one attached hydrogen (secondary N) is 2. The molecule has 1 atom stereocenters. The molecule has 0 radical (unpaired) electrons. The van der Waals surface area contributed by atoms with Crippen molar-refractivity contribution in [2.75, 3.05) is 26.2 Å². The van der Waals surface area contributed by atoms with E-state index in [0.29, 0.717) is 13.0 Å². The van der Waals surface area contributed by atoms with Gasteiger partial charge in [-0.15, -0.1) is 0 Å². The maximum atomic E-state index is 11.6. The van der Waals surface area contributed by atoms with Crippen molar-refractivity contribution in [1.82, 2.24) is 15.5 Å². The van der Waals surface area contributed by atoms with Crippen LogP contribution in [0.1, 0.15) is 46.5 Å². The first kappa shape index (κ1) is 18.7. The van der Waals surface area contributed by atoms with E-state index in [1.165, 1.54) is 0 Å². The molecule has 0 aliphatic rings. The van der Waals surface area contributed by atoms with Gasteiger partial charge in [0.25, 0.3) is 0 Å². The molecule has 0 bridgehead atoms. The highest BCUT2D eigenvalue weighted by atomic mass is 16.4. The number of unbranched alkanes of at least 4 members (excludes halogenated alkanes) is 2. The number of carboxylic acids is 1. The summed E-state index contributed by atoms with van der Waals surface area (Å²) in [6.45, 7) is 9.59. The molecule has 0 saturated carbocycles. The second-order valence-corrected chi connectivity index (χ2v) is 4.99. The van der Waals surface area contributed by atoms with E-state index in [4.69, 9.17) is 5.11 Å². The van der Waals surface area contributed by atoms with Crippen molar-refractivity contribution in [3.05, 3.63) is 0 Å². The predicted molar refractivity (Wildman–Crippen MR) is 79.9 cm³/mol. The number of hydrogen-bond donors (Lipinski definition) is 3. The molecule has 0 rings (SSSR count). The maximum Gasteiger partial charge on any atom is 0.315 e. The number of likely N-dealkylation sites (N-methyl/N-ethyl adjacent to an activating group) is 1. The van der Waals surface area contributed by atoms with Crippen LogP contribution < -0.4 is 10.6 Å². The number of carbonyl (C=O) groups is 2. The molecule has 0 aromatic carbocycles. The van der Waals surface area contributed by atoms with Crippen LogP contribution in [0.3, 0.4) is 0 Å². The summed E-state index contributed by atoms with van der Waals surface area (Å²) in [5.74, 6) is -0.763. The van der Waals surface area contributed by atoms with Crippen LogP contribution in [0, 0.1) is 0 Å². The number of hydrogen-bond acceptors (Lipinski definition) is 3. The van der Waals surface area contributed by atoms with Crippen molar-refractivity contribution in [3.8, 4) is 0 Å². The van der Waals surface area contributed by atoms with Gasteiger partial charge in [-0.05, 0) is 32.9 Å². The monoisotopic (exact) mass is 287 g/mol. The van der Waals surface area contributed by atoms with Gasteiger partial charge in [0.1, 0.15) is 0 Å². The van der Waals surface area contributed by atoms with E-state index in [9.17, 15) is 9.59 Å². The lowest BCUT2D eigenvalue weighted by atomic mass is 10.2. The number of amides is 2. The van der Waals surface area contributed by atoms with Gasteiger partial charge in [0.05, 0.1) is 0 Å². The molecule has 6 heteroatoms. The lowest BCUT2D eigenvalue weighted by molar-refractivity contribution is -0.137. The fourth-order valence-corrected chi connectivity index (χ4v) is 1.97. The van der Waals surface area contributed by atoms with Crippen LogP contribution in [0.2, 0.25) is 0 Å². The molecule has 0 heterocycles. The fraction of sp³-hybridized carbons (Fsp3) is 0.857. The second-order valence-electron chi connectivity index (χ2n) is 4.99. The smallest absolute Gasteiger partial charge is 0.315 e. The number of rotatable bonds is 11. The molecular formula is C14H29N3O3.